The molecule has 0 bridgehead atoms. The Morgan fingerprint density at radius 2 is 1.88 bits per heavy atom. The molecule has 0 aromatic rings. The lowest BCUT2D eigenvalue weighted by molar-refractivity contribution is -0.152. The summed E-state index contributed by atoms with van der Waals surface area (Å²) >= 11 is 0. The zero-order valence-electron chi connectivity index (χ0n) is 9.65. The van der Waals surface area contributed by atoms with Gasteiger partial charge in [-0.15, -0.1) is 0 Å². The van der Waals surface area contributed by atoms with Gasteiger partial charge in [0.2, 0.25) is 0 Å². The highest BCUT2D eigenvalue weighted by Gasteiger charge is 2.30. The van der Waals surface area contributed by atoms with Crippen molar-refractivity contribution < 1.29 is 14.6 Å². The second kappa shape index (κ2) is 5.64. The Hall–Kier alpha value is -0.610. The van der Waals surface area contributed by atoms with Gasteiger partial charge in [0.05, 0.1) is 6.10 Å². The molecular weight excluding hydrogens is 206 g/mol. The minimum absolute atomic E-state index is 0.106. The third kappa shape index (κ3) is 3.19. The lowest BCUT2D eigenvalue weighted by Gasteiger charge is -2.18. The summed E-state index contributed by atoms with van der Waals surface area (Å²) in [5.41, 5.74) is 0. The fourth-order valence-corrected chi connectivity index (χ4v) is 2.50. The minimum Gasteiger partial charge on any atom is -0.461 e. The van der Waals surface area contributed by atoms with Gasteiger partial charge in [-0.1, -0.05) is 12.8 Å². The van der Waals surface area contributed by atoms with E-state index in [-0.39, 0.29) is 18.1 Å². The van der Waals surface area contributed by atoms with Crippen LogP contribution in [0, 0.1) is 0 Å². The highest BCUT2D eigenvalue weighted by molar-refractivity contribution is 5.76. The summed E-state index contributed by atoms with van der Waals surface area (Å²) in [4.78, 5) is 11.8. The fraction of sp³-hybridized carbons (Fsp3) is 0.917. The molecule has 2 N–H and O–H groups in total. The van der Waals surface area contributed by atoms with E-state index in [1.165, 1.54) is 25.7 Å². The smallest absolute Gasteiger partial charge is 0.323 e. The fourth-order valence-electron chi connectivity index (χ4n) is 2.50. The van der Waals surface area contributed by atoms with Gasteiger partial charge in [-0.25, -0.2) is 0 Å². The van der Waals surface area contributed by atoms with E-state index in [1.807, 2.05) is 0 Å². The molecule has 2 fully saturated rings. The largest absolute Gasteiger partial charge is 0.461 e. The summed E-state index contributed by atoms with van der Waals surface area (Å²) in [7, 11) is 0. The van der Waals surface area contributed by atoms with E-state index in [0.29, 0.717) is 13.0 Å². The molecule has 1 aliphatic carbocycles. The number of nitrogens with one attached hydrogen (secondary N) is 1. The predicted octanol–water partition coefficient (Wildman–Crippen LogP) is 0.975. The molecule has 4 nitrogen and oxygen atoms in total. The Kier molecular flexibility index (Phi) is 4.18. The highest BCUT2D eigenvalue weighted by atomic mass is 16.5. The van der Waals surface area contributed by atoms with Gasteiger partial charge in [-0.2, -0.15) is 0 Å². The number of aliphatic hydroxyl groups is 1. The van der Waals surface area contributed by atoms with Gasteiger partial charge in [0.25, 0.3) is 0 Å². The molecule has 92 valence electrons. The number of carbonyl (C=O) groups excluding carboxylic acids is 1. The van der Waals surface area contributed by atoms with Gasteiger partial charge in [0.1, 0.15) is 12.1 Å². The van der Waals surface area contributed by atoms with Crippen LogP contribution in [-0.2, 0) is 9.53 Å². The Balaban J connectivity index is 1.77. The normalized spacial score (nSPS) is 32.3. The minimum atomic E-state index is -0.397. The maximum atomic E-state index is 11.8. The Labute approximate surface area is 96.4 Å². The number of ether oxygens (including phenoxy) is 1. The number of aliphatic hydroxyl groups excluding tert-OH is 1. The first-order valence-corrected chi connectivity index (χ1v) is 6.37. The van der Waals surface area contributed by atoms with Crippen molar-refractivity contribution in [2.75, 3.05) is 6.54 Å². The Morgan fingerprint density at radius 3 is 2.44 bits per heavy atom. The summed E-state index contributed by atoms with van der Waals surface area (Å²) in [6, 6.07) is -0.293. The van der Waals surface area contributed by atoms with Gasteiger partial charge >= 0.3 is 5.97 Å². The molecular formula is C12H21NO3. The molecule has 0 spiro atoms. The standard InChI is InChI=1S/C12H21NO3/c14-9-7-11(13-8-9)12(15)16-10-5-3-1-2-4-6-10/h9-11,13-14H,1-8H2. The van der Waals surface area contributed by atoms with Gasteiger partial charge in [-0.05, 0) is 25.7 Å². The van der Waals surface area contributed by atoms with Crippen molar-refractivity contribution >= 4 is 5.97 Å². The quantitative estimate of drug-likeness (QED) is 0.545. The number of hydrogen-bond acceptors (Lipinski definition) is 4. The van der Waals surface area contributed by atoms with E-state index in [2.05, 4.69) is 5.32 Å². The van der Waals surface area contributed by atoms with E-state index in [1.54, 1.807) is 0 Å². The molecule has 1 heterocycles. The molecule has 0 radical (unpaired) electrons. The molecule has 16 heavy (non-hydrogen) atoms. The second-order valence-electron chi connectivity index (χ2n) is 4.90. The van der Waals surface area contributed by atoms with Crippen LogP contribution in [0.15, 0.2) is 0 Å². The summed E-state index contributed by atoms with van der Waals surface area (Å²) in [6.07, 6.45) is 7.05. The molecule has 1 aliphatic heterocycles. The van der Waals surface area contributed by atoms with Crippen molar-refractivity contribution in [1.29, 1.82) is 0 Å². The first kappa shape index (κ1) is 11.9. The van der Waals surface area contributed by atoms with Crippen LogP contribution in [-0.4, -0.2) is 35.9 Å². The van der Waals surface area contributed by atoms with E-state index in [4.69, 9.17) is 4.74 Å². The zero-order chi connectivity index (χ0) is 11.4. The number of rotatable bonds is 2. The third-order valence-electron chi connectivity index (χ3n) is 3.48. The molecule has 2 unspecified atom stereocenters. The van der Waals surface area contributed by atoms with Crippen molar-refractivity contribution in [3.05, 3.63) is 0 Å². The van der Waals surface area contributed by atoms with Crippen LogP contribution >= 0.6 is 0 Å². The molecule has 2 atom stereocenters. The lowest BCUT2D eigenvalue weighted by atomic mass is 10.1. The van der Waals surface area contributed by atoms with Gasteiger partial charge in [-0.3, -0.25) is 4.79 Å². The van der Waals surface area contributed by atoms with Crippen molar-refractivity contribution in [2.45, 2.75) is 63.2 Å². The maximum Gasteiger partial charge on any atom is 0.323 e. The lowest BCUT2D eigenvalue weighted by Crippen LogP contribution is -2.34. The predicted molar refractivity (Wildman–Crippen MR) is 60.0 cm³/mol. The summed E-state index contributed by atoms with van der Waals surface area (Å²) < 4.78 is 5.49. The molecule has 0 aromatic carbocycles. The average molecular weight is 227 g/mol. The molecule has 1 saturated heterocycles. The maximum absolute atomic E-state index is 11.8. The van der Waals surface area contributed by atoms with Crippen LogP contribution in [0.2, 0.25) is 0 Å². The van der Waals surface area contributed by atoms with Crippen LogP contribution in [0.1, 0.15) is 44.9 Å². The third-order valence-corrected chi connectivity index (χ3v) is 3.48. The Morgan fingerprint density at radius 1 is 1.19 bits per heavy atom. The monoisotopic (exact) mass is 227 g/mol. The average Bonchev–Trinajstić information content (AvgIpc) is 2.54. The van der Waals surface area contributed by atoms with E-state index < -0.39 is 6.10 Å². The van der Waals surface area contributed by atoms with Crippen LogP contribution in [0.4, 0.5) is 0 Å². The Bertz CT molecular complexity index is 236. The molecule has 0 amide bonds. The van der Waals surface area contributed by atoms with Crippen molar-refractivity contribution in [3.63, 3.8) is 0 Å². The van der Waals surface area contributed by atoms with Crippen LogP contribution < -0.4 is 5.32 Å². The van der Waals surface area contributed by atoms with Crippen LogP contribution in [0.5, 0.6) is 0 Å². The number of β-amino-alcohol motifs (C(OH)–C–C–N with tert-alkyl or cyclic N) is 1. The second-order valence-corrected chi connectivity index (χ2v) is 4.90. The first-order chi connectivity index (χ1) is 7.75. The van der Waals surface area contributed by atoms with Gasteiger partial charge < -0.3 is 15.2 Å². The zero-order valence-corrected chi connectivity index (χ0v) is 9.65. The number of carbonyl (C=O) groups is 1. The summed E-state index contributed by atoms with van der Waals surface area (Å²) in [5.74, 6) is -0.177. The first-order valence-electron chi connectivity index (χ1n) is 6.37. The molecule has 2 aliphatic rings. The summed E-state index contributed by atoms with van der Waals surface area (Å²) in [5, 5.41) is 12.3. The molecule has 0 aromatic heterocycles. The van der Waals surface area contributed by atoms with Gasteiger partial charge in [0.15, 0.2) is 0 Å². The van der Waals surface area contributed by atoms with Gasteiger partial charge in [0, 0.05) is 13.0 Å². The molecule has 2 rings (SSSR count). The summed E-state index contributed by atoms with van der Waals surface area (Å²) in [6.45, 7) is 0.504. The SMILES string of the molecule is O=C(OC1CCCCCC1)C1CC(O)CN1. The van der Waals surface area contributed by atoms with Crippen LogP contribution in [0.25, 0.3) is 0 Å². The topological polar surface area (TPSA) is 58.6 Å². The van der Waals surface area contributed by atoms with E-state index in [0.717, 1.165) is 12.8 Å². The van der Waals surface area contributed by atoms with Crippen molar-refractivity contribution in [2.24, 2.45) is 0 Å². The van der Waals surface area contributed by atoms with E-state index >= 15 is 0 Å². The van der Waals surface area contributed by atoms with E-state index in [9.17, 15) is 9.90 Å². The van der Waals surface area contributed by atoms with Crippen molar-refractivity contribution in [3.8, 4) is 0 Å². The number of hydrogen-bond donors (Lipinski definition) is 2. The molecule has 1 saturated carbocycles. The van der Waals surface area contributed by atoms with Crippen molar-refractivity contribution in [1.82, 2.24) is 5.32 Å². The highest BCUT2D eigenvalue weighted by Crippen LogP contribution is 2.21. The number of esters is 1. The van der Waals surface area contributed by atoms with Crippen LogP contribution in [0.3, 0.4) is 0 Å². The molecule has 4 heteroatoms.